The van der Waals surface area contributed by atoms with E-state index in [4.69, 9.17) is 22.3 Å². The van der Waals surface area contributed by atoms with E-state index in [-0.39, 0.29) is 10.8 Å². The summed E-state index contributed by atoms with van der Waals surface area (Å²) in [6.45, 7) is 5.76. The summed E-state index contributed by atoms with van der Waals surface area (Å²) in [6.07, 6.45) is 7.19. The number of rotatable bonds is 5. The van der Waals surface area contributed by atoms with Crippen molar-refractivity contribution in [3.05, 3.63) is 35.5 Å². The summed E-state index contributed by atoms with van der Waals surface area (Å²) >= 11 is 6.41. The molecule has 1 saturated carbocycles. The van der Waals surface area contributed by atoms with E-state index in [1.807, 2.05) is 0 Å². The third-order valence-corrected chi connectivity index (χ3v) is 9.24. The molecule has 0 spiro atoms. The lowest BCUT2D eigenvalue weighted by Gasteiger charge is -2.45. The number of hydrogen-bond acceptors (Lipinski definition) is 7. The van der Waals surface area contributed by atoms with Gasteiger partial charge in [0, 0.05) is 18.2 Å². The number of halogens is 1. The van der Waals surface area contributed by atoms with Crippen LogP contribution in [-0.4, -0.2) is 49.3 Å². The first-order chi connectivity index (χ1) is 14.7. The van der Waals surface area contributed by atoms with Crippen LogP contribution in [0.1, 0.15) is 46.0 Å². The highest BCUT2D eigenvalue weighted by atomic mass is 35.5. The summed E-state index contributed by atoms with van der Waals surface area (Å²) in [5, 5.41) is 6.16. The number of amidine groups is 1. The van der Waals surface area contributed by atoms with Gasteiger partial charge in [-0.1, -0.05) is 23.7 Å². The summed E-state index contributed by atoms with van der Waals surface area (Å²) in [7, 11) is -3.47. The molecule has 2 aliphatic heterocycles. The number of nitrogens with zero attached hydrogens (tertiary/aromatic N) is 2. The molecule has 1 atom stereocenters. The van der Waals surface area contributed by atoms with Crippen molar-refractivity contribution in [1.29, 1.82) is 0 Å². The van der Waals surface area contributed by atoms with Gasteiger partial charge in [-0.05, 0) is 71.2 Å². The molecule has 0 amide bonds. The molecule has 9 heteroatoms. The normalized spacial score (nSPS) is 29.6. The Hall–Kier alpha value is -1.61. The standard InChI is InChI=1S/C22H32ClN5O2S/c1-15(2)31(29,30)20-7-4-3-6-19(20)26-21-18(23)14-25-22(24,27-21)16-8-10-17(11-9-16)28-12-5-13-28/h3-4,6-7,14-17,25H,5,8-13,24H2,1-2H3,(H,26,27)/t16-,17-,22?. The minimum absolute atomic E-state index is 0.178. The number of aliphatic imine (C=N–C) groups is 1. The van der Waals surface area contributed by atoms with Gasteiger partial charge in [0.2, 0.25) is 0 Å². The van der Waals surface area contributed by atoms with Crippen molar-refractivity contribution >= 4 is 33.0 Å². The minimum atomic E-state index is -3.47. The predicted molar refractivity (Wildman–Crippen MR) is 126 cm³/mol. The van der Waals surface area contributed by atoms with Crippen molar-refractivity contribution in [3.8, 4) is 0 Å². The van der Waals surface area contributed by atoms with Gasteiger partial charge in [0.05, 0.1) is 20.9 Å². The van der Waals surface area contributed by atoms with Gasteiger partial charge in [0.1, 0.15) is 5.84 Å². The van der Waals surface area contributed by atoms with Gasteiger partial charge in [0.15, 0.2) is 15.6 Å². The van der Waals surface area contributed by atoms with E-state index in [0.717, 1.165) is 25.7 Å². The smallest absolute Gasteiger partial charge is 0.187 e. The van der Waals surface area contributed by atoms with Crippen LogP contribution in [0.4, 0.5) is 5.69 Å². The second-order valence-corrected chi connectivity index (χ2v) is 11.9. The van der Waals surface area contributed by atoms with Gasteiger partial charge >= 0.3 is 0 Å². The molecule has 1 aromatic rings. The Morgan fingerprint density at radius 1 is 1.23 bits per heavy atom. The predicted octanol–water partition coefficient (Wildman–Crippen LogP) is 3.24. The van der Waals surface area contributed by atoms with Crippen LogP contribution in [-0.2, 0) is 9.84 Å². The first-order valence-electron chi connectivity index (χ1n) is 11.1. The van der Waals surface area contributed by atoms with Crippen molar-refractivity contribution in [2.75, 3.05) is 18.4 Å². The lowest BCUT2D eigenvalue weighted by Crippen LogP contribution is -2.59. The Morgan fingerprint density at radius 2 is 1.90 bits per heavy atom. The van der Waals surface area contributed by atoms with E-state index in [1.165, 1.54) is 19.5 Å². The second kappa shape index (κ2) is 8.73. The van der Waals surface area contributed by atoms with Crippen LogP contribution in [0.25, 0.3) is 0 Å². The number of anilines is 1. The highest BCUT2D eigenvalue weighted by Gasteiger charge is 2.40. The van der Waals surface area contributed by atoms with Crippen LogP contribution in [0.2, 0.25) is 0 Å². The Labute approximate surface area is 190 Å². The zero-order valence-electron chi connectivity index (χ0n) is 18.1. The number of hydrogen-bond donors (Lipinski definition) is 3. The van der Waals surface area contributed by atoms with Crippen LogP contribution in [0, 0.1) is 5.92 Å². The van der Waals surface area contributed by atoms with E-state index in [2.05, 4.69) is 15.5 Å². The van der Waals surface area contributed by atoms with Gasteiger partial charge < -0.3 is 15.5 Å². The maximum absolute atomic E-state index is 12.8. The largest absolute Gasteiger partial charge is 0.354 e. The average molecular weight is 466 g/mol. The fourth-order valence-electron chi connectivity index (χ4n) is 4.60. The molecular weight excluding hydrogens is 434 g/mol. The second-order valence-electron chi connectivity index (χ2n) is 9.03. The highest BCUT2D eigenvalue weighted by molar-refractivity contribution is 7.92. The average Bonchev–Trinajstić information content (AvgIpc) is 2.70. The van der Waals surface area contributed by atoms with E-state index < -0.39 is 20.9 Å². The molecular formula is C22H32ClN5O2S. The highest BCUT2D eigenvalue weighted by Crippen LogP contribution is 2.36. The molecule has 2 heterocycles. The molecule has 1 saturated heterocycles. The van der Waals surface area contributed by atoms with Gasteiger partial charge in [-0.2, -0.15) is 0 Å². The fourth-order valence-corrected chi connectivity index (χ4v) is 5.95. The third kappa shape index (κ3) is 4.49. The molecule has 0 aromatic heterocycles. The Balaban J connectivity index is 1.54. The first kappa shape index (κ1) is 22.6. The number of nitrogens with two attached hydrogens (primary N) is 1. The topological polar surface area (TPSA) is 99.8 Å². The van der Waals surface area contributed by atoms with Gasteiger partial charge in [-0.25, -0.2) is 13.4 Å². The zero-order valence-corrected chi connectivity index (χ0v) is 19.7. The summed E-state index contributed by atoms with van der Waals surface area (Å²) in [4.78, 5) is 7.54. The van der Waals surface area contributed by atoms with Crippen LogP contribution < -0.4 is 16.4 Å². The summed E-state index contributed by atoms with van der Waals surface area (Å²) < 4.78 is 25.6. The van der Waals surface area contributed by atoms with Crippen molar-refractivity contribution in [2.24, 2.45) is 16.6 Å². The fraction of sp³-hybridized carbons (Fsp3) is 0.591. The number of para-hydroxylation sites is 1. The maximum atomic E-state index is 12.8. The zero-order chi connectivity index (χ0) is 22.2. The van der Waals surface area contributed by atoms with Gasteiger partial charge in [0.25, 0.3) is 0 Å². The molecule has 3 aliphatic rings. The molecule has 1 aromatic carbocycles. The van der Waals surface area contributed by atoms with E-state index in [9.17, 15) is 8.42 Å². The number of benzene rings is 1. The lowest BCUT2D eigenvalue weighted by molar-refractivity contribution is 0.0609. The maximum Gasteiger partial charge on any atom is 0.187 e. The molecule has 7 nitrogen and oxygen atoms in total. The Bertz CT molecular complexity index is 981. The summed E-state index contributed by atoms with van der Waals surface area (Å²) in [6, 6.07) is 7.48. The molecule has 4 N–H and O–H groups in total. The van der Waals surface area contributed by atoms with Crippen LogP contribution in [0.15, 0.2) is 45.4 Å². The quantitative estimate of drug-likeness (QED) is 0.617. The minimum Gasteiger partial charge on any atom is -0.354 e. The first-order valence-corrected chi connectivity index (χ1v) is 13.0. The Morgan fingerprint density at radius 3 is 2.52 bits per heavy atom. The molecule has 0 radical (unpaired) electrons. The molecule has 0 bridgehead atoms. The monoisotopic (exact) mass is 465 g/mol. The van der Waals surface area contributed by atoms with Crippen LogP contribution >= 0.6 is 11.6 Å². The number of sulfone groups is 1. The van der Waals surface area contributed by atoms with Crippen molar-refractivity contribution < 1.29 is 8.42 Å². The van der Waals surface area contributed by atoms with Crippen LogP contribution in [0.5, 0.6) is 0 Å². The van der Waals surface area contributed by atoms with Gasteiger partial charge in [-0.15, -0.1) is 0 Å². The van der Waals surface area contributed by atoms with E-state index >= 15 is 0 Å². The third-order valence-electron chi connectivity index (χ3n) is 6.75. The van der Waals surface area contributed by atoms with Crippen LogP contribution in [0.3, 0.4) is 0 Å². The summed E-state index contributed by atoms with van der Waals surface area (Å²) in [5.41, 5.74) is 7.16. The molecule has 2 fully saturated rings. The van der Waals surface area contributed by atoms with Crippen molar-refractivity contribution in [3.63, 3.8) is 0 Å². The number of nitrogens with one attached hydrogen (secondary N) is 2. The molecule has 1 unspecified atom stereocenters. The molecule has 4 rings (SSSR count). The SMILES string of the molecule is CC(C)S(=O)(=O)c1ccccc1NC1=NC(N)([C@H]2CC[C@H](N3CCC3)CC2)NC=C1Cl. The Kier molecular flexibility index (Phi) is 6.36. The van der Waals surface area contributed by atoms with Gasteiger partial charge in [-0.3, -0.25) is 5.73 Å². The lowest BCUT2D eigenvalue weighted by atomic mass is 9.80. The van der Waals surface area contributed by atoms with Crippen molar-refractivity contribution in [1.82, 2.24) is 10.2 Å². The molecule has 31 heavy (non-hydrogen) atoms. The molecule has 1 aliphatic carbocycles. The number of likely N-dealkylation sites (tertiary alicyclic amines) is 1. The van der Waals surface area contributed by atoms with E-state index in [0.29, 0.717) is 22.6 Å². The molecule has 170 valence electrons. The van der Waals surface area contributed by atoms with E-state index in [1.54, 1.807) is 44.3 Å². The summed E-state index contributed by atoms with van der Waals surface area (Å²) in [5.74, 6) is -0.399. The van der Waals surface area contributed by atoms with Crippen molar-refractivity contribution in [2.45, 2.75) is 67.9 Å².